The standard InChI is InChI=1S/C23H22N4O3/c1-14-18-4-2-3-5-19(18)23(30)27(25-14)17-8-6-15(7-9-17)22(29)26-11-10-20-16(13-26)12-21(28)24-20/h2-9,16,20H,10-13H2,1H3,(H,24,28)/t16-,20+/m1/s1. The second-order valence-corrected chi connectivity index (χ2v) is 8.07. The SMILES string of the molecule is Cc1nn(-c2ccc(C(=O)N3CC[C@@H]4NC(=O)C[C@@H]4C3)cc2)c(=O)c2ccccc12. The van der Waals surface area contributed by atoms with Gasteiger partial charge in [-0.3, -0.25) is 14.4 Å². The molecular formula is C23H22N4O3. The highest BCUT2D eigenvalue weighted by Gasteiger charge is 2.38. The number of nitrogens with zero attached hydrogens (tertiary/aromatic N) is 3. The fraction of sp³-hybridized carbons (Fsp3) is 0.304. The molecule has 1 aromatic heterocycles. The molecule has 2 aromatic carbocycles. The molecule has 2 aliphatic rings. The summed E-state index contributed by atoms with van der Waals surface area (Å²) in [6.45, 7) is 3.10. The molecule has 7 heteroatoms. The number of fused-ring (bicyclic) bond motifs is 2. The third kappa shape index (κ3) is 3.07. The Labute approximate surface area is 173 Å². The Kier molecular flexibility index (Phi) is 4.38. The van der Waals surface area contributed by atoms with Crippen LogP contribution in [0.15, 0.2) is 53.3 Å². The van der Waals surface area contributed by atoms with Crippen LogP contribution in [0.3, 0.4) is 0 Å². The summed E-state index contributed by atoms with van der Waals surface area (Å²) in [6.07, 6.45) is 1.28. The van der Waals surface area contributed by atoms with Crippen molar-refractivity contribution in [1.82, 2.24) is 20.0 Å². The van der Waals surface area contributed by atoms with E-state index in [-0.39, 0.29) is 29.3 Å². The van der Waals surface area contributed by atoms with E-state index in [1.54, 1.807) is 30.3 Å². The van der Waals surface area contributed by atoms with Gasteiger partial charge in [0.1, 0.15) is 0 Å². The van der Waals surface area contributed by atoms with Gasteiger partial charge in [0.05, 0.1) is 16.8 Å². The largest absolute Gasteiger partial charge is 0.353 e. The van der Waals surface area contributed by atoms with E-state index in [0.717, 1.165) is 17.5 Å². The van der Waals surface area contributed by atoms with Gasteiger partial charge < -0.3 is 10.2 Å². The zero-order valence-corrected chi connectivity index (χ0v) is 16.7. The maximum atomic E-state index is 12.9. The average molecular weight is 402 g/mol. The molecule has 0 radical (unpaired) electrons. The van der Waals surface area contributed by atoms with E-state index < -0.39 is 0 Å². The number of aryl methyl sites for hydroxylation is 1. The lowest BCUT2D eigenvalue weighted by atomic mass is 9.93. The first kappa shape index (κ1) is 18.5. The second-order valence-electron chi connectivity index (χ2n) is 8.07. The van der Waals surface area contributed by atoms with Crippen LogP contribution in [0.4, 0.5) is 0 Å². The predicted octanol–water partition coefficient (Wildman–Crippen LogP) is 2.04. The molecule has 3 heterocycles. The molecule has 5 rings (SSSR count). The van der Waals surface area contributed by atoms with Crippen molar-refractivity contribution in [2.45, 2.75) is 25.8 Å². The lowest BCUT2D eigenvalue weighted by Crippen LogP contribution is -2.47. The zero-order chi connectivity index (χ0) is 20.8. The average Bonchev–Trinajstić information content (AvgIpc) is 3.15. The molecule has 3 aromatic rings. The first-order chi connectivity index (χ1) is 14.5. The molecule has 0 bridgehead atoms. The van der Waals surface area contributed by atoms with Gasteiger partial charge in [0.25, 0.3) is 11.5 Å². The van der Waals surface area contributed by atoms with E-state index in [4.69, 9.17) is 0 Å². The fourth-order valence-electron chi connectivity index (χ4n) is 4.57. The van der Waals surface area contributed by atoms with Crippen LogP contribution in [0.1, 0.15) is 28.9 Å². The molecule has 0 unspecified atom stereocenters. The van der Waals surface area contributed by atoms with Gasteiger partial charge in [-0.2, -0.15) is 9.78 Å². The highest BCUT2D eigenvalue weighted by atomic mass is 16.2. The summed E-state index contributed by atoms with van der Waals surface area (Å²) < 4.78 is 1.38. The maximum Gasteiger partial charge on any atom is 0.279 e. The Morgan fingerprint density at radius 1 is 1.07 bits per heavy atom. The Morgan fingerprint density at radius 2 is 1.80 bits per heavy atom. The summed E-state index contributed by atoms with van der Waals surface area (Å²) in [5.41, 5.74) is 1.78. The molecule has 0 spiro atoms. The van der Waals surface area contributed by atoms with E-state index >= 15 is 0 Å². The lowest BCUT2D eigenvalue weighted by molar-refractivity contribution is -0.119. The Hall–Kier alpha value is -3.48. The normalized spacial score (nSPS) is 20.8. The van der Waals surface area contributed by atoms with Crippen molar-refractivity contribution < 1.29 is 9.59 Å². The van der Waals surface area contributed by atoms with Crippen LogP contribution in [0.25, 0.3) is 16.5 Å². The number of carbonyl (C=O) groups excluding carboxylic acids is 2. The van der Waals surface area contributed by atoms with E-state index in [2.05, 4.69) is 10.4 Å². The highest BCUT2D eigenvalue weighted by Crippen LogP contribution is 2.26. The number of benzene rings is 2. The molecule has 2 atom stereocenters. The molecular weight excluding hydrogens is 380 g/mol. The van der Waals surface area contributed by atoms with Crippen LogP contribution in [0.2, 0.25) is 0 Å². The maximum absolute atomic E-state index is 12.9. The van der Waals surface area contributed by atoms with Crippen LogP contribution < -0.4 is 10.9 Å². The summed E-state index contributed by atoms with van der Waals surface area (Å²) in [5, 5.41) is 8.90. The molecule has 2 saturated heterocycles. The van der Waals surface area contributed by atoms with Crippen LogP contribution in [0.5, 0.6) is 0 Å². The van der Waals surface area contributed by atoms with Crippen molar-refractivity contribution in [2.24, 2.45) is 5.92 Å². The number of nitrogens with one attached hydrogen (secondary N) is 1. The van der Waals surface area contributed by atoms with Crippen molar-refractivity contribution >= 4 is 22.6 Å². The number of rotatable bonds is 2. The highest BCUT2D eigenvalue weighted by molar-refractivity contribution is 5.94. The second kappa shape index (κ2) is 7.09. The number of piperidine rings is 1. The molecule has 2 aliphatic heterocycles. The number of hydrogen-bond donors (Lipinski definition) is 1. The van der Waals surface area contributed by atoms with Crippen molar-refractivity contribution in [3.63, 3.8) is 0 Å². The minimum atomic E-state index is -0.184. The number of amides is 2. The van der Waals surface area contributed by atoms with E-state index in [9.17, 15) is 14.4 Å². The van der Waals surface area contributed by atoms with Gasteiger partial charge in [-0.1, -0.05) is 18.2 Å². The molecule has 0 aliphatic carbocycles. The molecule has 7 nitrogen and oxygen atoms in total. The van der Waals surface area contributed by atoms with Gasteiger partial charge in [-0.05, 0) is 43.7 Å². The summed E-state index contributed by atoms with van der Waals surface area (Å²) >= 11 is 0. The van der Waals surface area contributed by atoms with Gasteiger partial charge in [0.15, 0.2) is 0 Å². The van der Waals surface area contributed by atoms with Gasteiger partial charge in [-0.25, -0.2) is 0 Å². The summed E-state index contributed by atoms with van der Waals surface area (Å²) in [5.74, 6) is 0.222. The third-order valence-electron chi connectivity index (χ3n) is 6.16. The minimum Gasteiger partial charge on any atom is -0.353 e. The number of carbonyl (C=O) groups is 2. The molecule has 0 saturated carbocycles. The van der Waals surface area contributed by atoms with Crippen LogP contribution in [-0.2, 0) is 4.79 Å². The van der Waals surface area contributed by atoms with Gasteiger partial charge in [0, 0.05) is 42.4 Å². The van der Waals surface area contributed by atoms with Crippen LogP contribution >= 0.6 is 0 Å². The van der Waals surface area contributed by atoms with Crippen molar-refractivity contribution in [2.75, 3.05) is 13.1 Å². The molecule has 152 valence electrons. The van der Waals surface area contributed by atoms with E-state index in [1.807, 2.05) is 30.0 Å². The van der Waals surface area contributed by atoms with Crippen molar-refractivity contribution in [3.8, 4) is 5.69 Å². The topological polar surface area (TPSA) is 84.3 Å². The zero-order valence-electron chi connectivity index (χ0n) is 16.7. The first-order valence-corrected chi connectivity index (χ1v) is 10.2. The smallest absolute Gasteiger partial charge is 0.279 e. The minimum absolute atomic E-state index is 0.0469. The molecule has 2 amide bonds. The van der Waals surface area contributed by atoms with Crippen LogP contribution in [-0.4, -0.2) is 45.6 Å². The third-order valence-corrected chi connectivity index (χ3v) is 6.16. The summed E-state index contributed by atoms with van der Waals surface area (Å²) in [7, 11) is 0. The lowest BCUT2D eigenvalue weighted by Gasteiger charge is -2.34. The van der Waals surface area contributed by atoms with Crippen LogP contribution in [0, 0.1) is 12.8 Å². The Balaban J connectivity index is 1.40. The number of likely N-dealkylation sites (tertiary alicyclic amines) is 1. The van der Waals surface area contributed by atoms with E-state index in [0.29, 0.717) is 36.1 Å². The van der Waals surface area contributed by atoms with E-state index in [1.165, 1.54) is 4.68 Å². The monoisotopic (exact) mass is 402 g/mol. The predicted molar refractivity (Wildman–Crippen MR) is 113 cm³/mol. The van der Waals surface area contributed by atoms with Gasteiger partial charge >= 0.3 is 0 Å². The molecule has 2 fully saturated rings. The Morgan fingerprint density at radius 3 is 2.57 bits per heavy atom. The Bertz CT molecular complexity index is 1220. The molecule has 1 N–H and O–H groups in total. The first-order valence-electron chi connectivity index (χ1n) is 10.2. The number of aromatic nitrogens is 2. The van der Waals surface area contributed by atoms with Gasteiger partial charge in [-0.15, -0.1) is 0 Å². The summed E-state index contributed by atoms with van der Waals surface area (Å²) in [4.78, 5) is 39.3. The van der Waals surface area contributed by atoms with Crippen molar-refractivity contribution in [1.29, 1.82) is 0 Å². The van der Waals surface area contributed by atoms with Gasteiger partial charge in [0.2, 0.25) is 5.91 Å². The van der Waals surface area contributed by atoms with Crippen molar-refractivity contribution in [3.05, 3.63) is 70.1 Å². The quantitative estimate of drug-likeness (QED) is 0.711. The number of hydrogen-bond acceptors (Lipinski definition) is 4. The fourth-order valence-corrected chi connectivity index (χ4v) is 4.57. The summed E-state index contributed by atoms with van der Waals surface area (Å²) in [6, 6.07) is 14.6. The molecule has 30 heavy (non-hydrogen) atoms.